The summed E-state index contributed by atoms with van der Waals surface area (Å²) in [5.41, 5.74) is 7.36. The molecule has 3 N–H and O–H groups in total. The molecule has 0 amide bonds. The van der Waals surface area contributed by atoms with E-state index in [0.717, 1.165) is 11.4 Å². The van der Waals surface area contributed by atoms with Gasteiger partial charge in [-0.15, -0.1) is 0 Å². The van der Waals surface area contributed by atoms with Gasteiger partial charge in [0, 0.05) is 13.2 Å². The molecule has 6 nitrogen and oxygen atoms in total. The van der Waals surface area contributed by atoms with Gasteiger partial charge in [0.15, 0.2) is 0 Å². The van der Waals surface area contributed by atoms with Crippen LogP contribution in [0.4, 0.5) is 5.82 Å². The molecular weight excluding hydrogens is 339 g/mol. The highest BCUT2D eigenvalue weighted by atomic mass is 35.5. The van der Waals surface area contributed by atoms with Crippen molar-refractivity contribution in [3.8, 4) is 0 Å². The van der Waals surface area contributed by atoms with Crippen LogP contribution < -0.4 is 11.1 Å². The van der Waals surface area contributed by atoms with Crippen LogP contribution in [0, 0.1) is 0 Å². The van der Waals surface area contributed by atoms with Crippen molar-refractivity contribution in [2.45, 2.75) is 19.1 Å². The summed E-state index contributed by atoms with van der Waals surface area (Å²) < 4.78 is 5.18. The maximum Gasteiger partial charge on any atom is 0.323 e. The average Bonchev–Trinajstić information content (AvgIpc) is 2.52. The fourth-order valence-corrected chi connectivity index (χ4v) is 2.40. The Kier molecular flexibility index (Phi) is 6.15. The maximum atomic E-state index is 12.0. The van der Waals surface area contributed by atoms with Crippen LogP contribution in [-0.4, -0.2) is 29.0 Å². The number of pyridine rings is 2. The van der Waals surface area contributed by atoms with Gasteiger partial charge in [0.2, 0.25) is 0 Å². The molecule has 2 heterocycles. The van der Waals surface area contributed by atoms with Gasteiger partial charge >= 0.3 is 5.97 Å². The van der Waals surface area contributed by atoms with Crippen molar-refractivity contribution in [1.82, 2.24) is 9.97 Å². The molecule has 0 spiro atoms. The Bertz CT molecular complexity index is 659. The van der Waals surface area contributed by atoms with E-state index < -0.39 is 12.0 Å². The van der Waals surface area contributed by atoms with Crippen LogP contribution in [0.2, 0.25) is 10.3 Å². The largest absolute Gasteiger partial charge is 0.460 e. The highest BCUT2D eigenvalue weighted by Crippen LogP contribution is 2.15. The van der Waals surface area contributed by atoms with E-state index in [1.807, 2.05) is 12.1 Å². The molecule has 0 bridgehead atoms. The lowest BCUT2D eigenvalue weighted by atomic mass is 10.1. The predicted octanol–water partition coefficient (Wildman–Crippen LogP) is 2.44. The summed E-state index contributed by atoms with van der Waals surface area (Å²) in [7, 11) is 1.78. The Hall–Kier alpha value is -1.89. The number of halogens is 2. The number of rotatable bonds is 6. The van der Waals surface area contributed by atoms with E-state index >= 15 is 0 Å². The molecule has 2 aromatic rings. The number of anilines is 1. The second-order valence-corrected chi connectivity index (χ2v) is 5.62. The third-order valence-electron chi connectivity index (χ3n) is 3.04. The number of ether oxygens (including phenoxy) is 1. The molecule has 122 valence electrons. The van der Waals surface area contributed by atoms with Crippen molar-refractivity contribution in [2.75, 3.05) is 12.4 Å². The summed E-state index contributed by atoms with van der Waals surface area (Å²) in [4.78, 5) is 19.9. The lowest BCUT2D eigenvalue weighted by molar-refractivity contribution is -0.146. The van der Waals surface area contributed by atoms with Crippen LogP contribution in [0.1, 0.15) is 11.1 Å². The summed E-state index contributed by atoms with van der Waals surface area (Å²) >= 11 is 11.6. The minimum atomic E-state index is -0.773. The number of aromatic nitrogens is 2. The van der Waals surface area contributed by atoms with Gasteiger partial charge in [-0.25, -0.2) is 9.97 Å². The molecule has 0 aromatic carbocycles. The predicted molar refractivity (Wildman–Crippen MR) is 89.5 cm³/mol. The molecule has 2 aromatic heterocycles. The second kappa shape index (κ2) is 8.10. The molecule has 1 atom stereocenters. The third-order valence-corrected chi connectivity index (χ3v) is 3.43. The fourth-order valence-electron chi connectivity index (χ4n) is 1.89. The number of nitrogens with one attached hydrogen (secondary N) is 1. The first kappa shape index (κ1) is 17.5. The van der Waals surface area contributed by atoms with Gasteiger partial charge in [0.25, 0.3) is 0 Å². The standard InChI is InChI=1S/C15H16Cl2N4O2/c1-19-14-3-2-9(7-20-14)4-11(18)15(22)23-8-10-5-12(16)21-13(17)6-10/h2-3,5-7,11H,4,8,18H2,1H3,(H,19,20)/t11-/m0/s1. The van der Waals surface area contributed by atoms with Crippen LogP contribution in [0.25, 0.3) is 0 Å². The fraction of sp³-hybridized carbons (Fsp3) is 0.267. The van der Waals surface area contributed by atoms with E-state index in [2.05, 4.69) is 15.3 Å². The average molecular weight is 355 g/mol. The zero-order valence-corrected chi connectivity index (χ0v) is 13.9. The minimum Gasteiger partial charge on any atom is -0.460 e. The number of hydrogen-bond acceptors (Lipinski definition) is 6. The van der Waals surface area contributed by atoms with Gasteiger partial charge in [0.1, 0.15) is 28.8 Å². The van der Waals surface area contributed by atoms with Crippen molar-refractivity contribution in [3.05, 3.63) is 51.9 Å². The summed E-state index contributed by atoms with van der Waals surface area (Å²) in [5, 5.41) is 3.40. The molecular formula is C15H16Cl2N4O2. The van der Waals surface area contributed by atoms with Gasteiger partial charge in [-0.3, -0.25) is 4.79 Å². The smallest absolute Gasteiger partial charge is 0.323 e. The van der Waals surface area contributed by atoms with E-state index in [0.29, 0.717) is 12.0 Å². The Labute approximate surface area is 144 Å². The lowest BCUT2D eigenvalue weighted by Crippen LogP contribution is -2.34. The SMILES string of the molecule is CNc1ccc(C[C@H](N)C(=O)OCc2cc(Cl)nc(Cl)c2)cn1. The topological polar surface area (TPSA) is 90.1 Å². The summed E-state index contributed by atoms with van der Waals surface area (Å²) in [5.74, 6) is 0.239. The van der Waals surface area contributed by atoms with Crippen molar-refractivity contribution in [2.24, 2.45) is 5.73 Å². The zero-order chi connectivity index (χ0) is 16.8. The Morgan fingerprint density at radius 2 is 2.00 bits per heavy atom. The first-order valence-electron chi connectivity index (χ1n) is 6.85. The van der Waals surface area contributed by atoms with Crippen LogP contribution in [0.3, 0.4) is 0 Å². The minimum absolute atomic E-state index is 0.0332. The summed E-state index contributed by atoms with van der Waals surface area (Å²) in [6.07, 6.45) is 2.01. The molecule has 0 saturated carbocycles. The number of carbonyl (C=O) groups excluding carboxylic acids is 1. The van der Waals surface area contributed by atoms with Crippen molar-refractivity contribution in [3.63, 3.8) is 0 Å². The van der Waals surface area contributed by atoms with Gasteiger partial charge in [0.05, 0.1) is 0 Å². The van der Waals surface area contributed by atoms with E-state index in [9.17, 15) is 4.79 Å². The normalized spacial score (nSPS) is 11.8. The molecule has 23 heavy (non-hydrogen) atoms. The molecule has 0 unspecified atom stereocenters. The second-order valence-electron chi connectivity index (χ2n) is 4.84. The van der Waals surface area contributed by atoms with E-state index in [4.69, 9.17) is 33.7 Å². The first-order valence-corrected chi connectivity index (χ1v) is 7.60. The molecule has 8 heteroatoms. The molecule has 2 rings (SSSR count). The van der Waals surface area contributed by atoms with Gasteiger partial charge in [-0.2, -0.15) is 0 Å². The van der Waals surface area contributed by atoms with E-state index in [1.54, 1.807) is 25.4 Å². The monoisotopic (exact) mass is 354 g/mol. The van der Waals surface area contributed by atoms with Crippen LogP contribution >= 0.6 is 23.2 Å². The molecule has 0 aliphatic heterocycles. The number of esters is 1. The molecule has 0 saturated heterocycles. The third kappa shape index (κ3) is 5.35. The van der Waals surface area contributed by atoms with Crippen LogP contribution in [0.15, 0.2) is 30.5 Å². The van der Waals surface area contributed by atoms with Crippen molar-refractivity contribution >= 4 is 35.0 Å². The quantitative estimate of drug-likeness (QED) is 0.611. The van der Waals surface area contributed by atoms with Gasteiger partial charge in [-0.1, -0.05) is 29.3 Å². The van der Waals surface area contributed by atoms with Crippen LogP contribution in [-0.2, 0) is 22.6 Å². The maximum absolute atomic E-state index is 12.0. The van der Waals surface area contributed by atoms with Crippen LogP contribution in [0.5, 0.6) is 0 Å². The summed E-state index contributed by atoms with van der Waals surface area (Å²) in [6, 6.07) is 6.05. The molecule has 0 radical (unpaired) electrons. The Morgan fingerprint density at radius 3 is 2.57 bits per heavy atom. The number of nitrogens with two attached hydrogens (primary N) is 1. The molecule has 0 aliphatic carbocycles. The first-order chi connectivity index (χ1) is 11.0. The number of nitrogens with zero attached hydrogens (tertiary/aromatic N) is 2. The highest BCUT2D eigenvalue weighted by molar-refractivity contribution is 6.32. The number of carbonyl (C=O) groups is 1. The Morgan fingerprint density at radius 1 is 1.30 bits per heavy atom. The van der Waals surface area contributed by atoms with E-state index in [-0.39, 0.29) is 16.9 Å². The van der Waals surface area contributed by atoms with E-state index in [1.165, 1.54) is 0 Å². The molecule has 0 aliphatic rings. The van der Waals surface area contributed by atoms with Gasteiger partial charge in [-0.05, 0) is 35.7 Å². The molecule has 0 fully saturated rings. The lowest BCUT2D eigenvalue weighted by Gasteiger charge is -2.12. The summed E-state index contributed by atoms with van der Waals surface area (Å²) in [6.45, 7) is 0.0332. The highest BCUT2D eigenvalue weighted by Gasteiger charge is 2.16. The van der Waals surface area contributed by atoms with Crippen molar-refractivity contribution in [1.29, 1.82) is 0 Å². The van der Waals surface area contributed by atoms with Gasteiger partial charge < -0.3 is 15.8 Å². The Balaban J connectivity index is 1.89. The van der Waals surface area contributed by atoms with Crippen molar-refractivity contribution < 1.29 is 9.53 Å². The number of hydrogen-bond donors (Lipinski definition) is 2. The zero-order valence-electron chi connectivity index (χ0n) is 12.4.